The van der Waals surface area contributed by atoms with Crippen LogP contribution in [0.15, 0.2) is 30.3 Å². The fourth-order valence-electron chi connectivity index (χ4n) is 3.61. The van der Waals surface area contributed by atoms with E-state index in [1.807, 2.05) is 6.92 Å². The number of methoxy groups -OCH3 is 3. The standard InChI is InChI=1S/C20H24N2O6S/c1-12-8-14-9-13(6-7-16(14)22(12)29(5,24)25)20(23)21-15-10-17(26-2)19(28-4)18(11-15)27-3/h6-7,9-12H,8H2,1-5H3,(H,21,23). The van der Waals surface area contributed by atoms with E-state index in [9.17, 15) is 13.2 Å². The Morgan fingerprint density at radius 1 is 1.07 bits per heavy atom. The van der Waals surface area contributed by atoms with Crippen LogP contribution >= 0.6 is 0 Å². The van der Waals surface area contributed by atoms with Crippen LogP contribution in [-0.4, -0.2) is 48.0 Å². The number of rotatable bonds is 6. The minimum Gasteiger partial charge on any atom is -0.493 e. The molecule has 0 saturated carbocycles. The average molecular weight is 420 g/mol. The van der Waals surface area contributed by atoms with E-state index in [0.29, 0.717) is 40.6 Å². The third kappa shape index (κ3) is 3.95. The molecule has 1 amide bonds. The summed E-state index contributed by atoms with van der Waals surface area (Å²) >= 11 is 0. The minimum absolute atomic E-state index is 0.187. The molecule has 0 aromatic heterocycles. The van der Waals surface area contributed by atoms with Gasteiger partial charge in [-0.2, -0.15) is 0 Å². The molecule has 0 saturated heterocycles. The van der Waals surface area contributed by atoms with Crippen LogP contribution in [-0.2, 0) is 16.4 Å². The second-order valence-electron chi connectivity index (χ2n) is 6.82. The molecule has 1 atom stereocenters. The van der Waals surface area contributed by atoms with E-state index < -0.39 is 10.0 Å². The fourth-order valence-corrected chi connectivity index (χ4v) is 4.87. The van der Waals surface area contributed by atoms with Crippen LogP contribution in [0.4, 0.5) is 11.4 Å². The maximum atomic E-state index is 12.8. The van der Waals surface area contributed by atoms with Crippen molar-refractivity contribution >= 4 is 27.3 Å². The number of carbonyl (C=O) groups is 1. The van der Waals surface area contributed by atoms with E-state index in [1.54, 1.807) is 30.3 Å². The summed E-state index contributed by atoms with van der Waals surface area (Å²) in [5.41, 5.74) is 2.35. The van der Waals surface area contributed by atoms with Crippen molar-refractivity contribution in [2.24, 2.45) is 0 Å². The molecule has 1 N–H and O–H groups in total. The largest absolute Gasteiger partial charge is 0.493 e. The number of nitrogens with zero attached hydrogens (tertiary/aromatic N) is 1. The highest BCUT2D eigenvalue weighted by Crippen LogP contribution is 2.40. The number of hydrogen-bond acceptors (Lipinski definition) is 6. The highest BCUT2D eigenvalue weighted by molar-refractivity contribution is 7.92. The van der Waals surface area contributed by atoms with Gasteiger partial charge in [0.2, 0.25) is 15.8 Å². The second kappa shape index (κ2) is 7.82. The summed E-state index contributed by atoms with van der Waals surface area (Å²) in [7, 11) is 1.12. The van der Waals surface area contributed by atoms with Crippen molar-refractivity contribution in [1.29, 1.82) is 0 Å². The molecule has 9 heteroatoms. The SMILES string of the molecule is COc1cc(NC(=O)c2ccc3c(c2)CC(C)N3S(C)(=O)=O)cc(OC)c1OC. The van der Waals surface area contributed by atoms with E-state index in [4.69, 9.17) is 14.2 Å². The van der Waals surface area contributed by atoms with E-state index in [-0.39, 0.29) is 11.9 Å². The van der Waals surface area contributed by atoms with E-state index in [2.05, 4.69) is 5.32 Å². The lowest BCUT2D eigenvalue weighted by atomic mass is 10.1. The Balaban J connectivity index is 1.89. The predicted molar refractivity (Wildman–Crippen MR) is 111 cm³/mol. The van der Waals surface area contributed by atoms with Crippen molar-refractivity contribution in [2.75, 3.05) is 37.2 Å². The van der Waals surface area contributed by atoms with Gasteiger partial charge in [0.1, 0.15) is 0 Å². The van der Waals surface area contributed by atoms with Gasteiger partial charge in [-0.3, -0.25) is 9.10 Å². The van der Waals surface area contributed by atoms with Crippen molar-refractivity contribution in [3.63, 3.8) is 0 Å². The van der Waals surface area contributed by atoms with Crippen molar-refractivity contribution in [3.8, 4) is 17.2 Å². The molecule has 0 fully saturated rings. The summed E-state index contributed by atoms with van der Waals surface area (Å²) in [6, 6.07) is 8.10. The van der Waals surface area contributed by atoms with E-state index in [0.717, 1.165) is 5.56 Å². The topological polar surface area (TPSA) is 94.2 Å². The highest BCUT2D eigenvalue weighted by Gasteiger charge is 2.32. The Hall–Kier alpha value is -2.94. The molecule has 0 spiro atoms. The fraction of sp³-hybridized carbons (Fsp3) is 0.350. The number of amides is 1. The van der Waals surface area contributed by atoms with Crippen LogP contribution in [0.25, 0.3) is 0 Å². The number of hydrogen-bond donors (Lipinski definition) is 1. The zero-order valence-electron chi connectivity index (χ0n) is 17.0. The Morgan fingerprint density at radius 3 is 2.21 bits per heavy atom. The summed E-state index contributed by atoms with van der Waals surface area (Å²) in [5, 5.41) is 2.82. The van der Waals surface area contributed by atoms with Gasteiger partial charge in [-0.1, -0.05) is 0 Å². The lowest BCUT2D eigenvalue weighted by Crippen LogP contribution is -2.34. The van der Waals surface area contributed by atoms with Crippen molar-refractivity contribution in [3.05, 3.63) is 41.5 Å². The zero-order valence-corrected chi connectivity index (χ0v) is 17.8. The molecular formula is C20H24N2O6S. The van der Waals surface area contributed by atoms with Gasteiger partial charge < -0.3 is 19.5 Å². The quantitative estimate of drug-likeness (QED) is 0.772. The molecule has 1 heterocycles. The molecule has 1 aliphatic heterocycles. The van der Waals surface area contributed by atoms with Crippen molar-refractivity contribution in [2.45, 2.75) is 19.4 Å². The minimum atomic E-state index is -3.38. The molecule has 2 aromatic rings. The van der Waals surface area contributed by atoms with Crippen LogP contribution in [0.2, 0.25) is 0 Å². The first kappa shape index (κ1) is 20.8. The first-order chi connectivity index (χ1) is 13.7. The lowest BCUT2D eigenvalue weighted by molar-refractivity contribution is 0.102. The van der Waals surface area contributed by atoms with E-state index >= 15 is 0 Å². The molecule has 0 bridgehead atoms. The van der Waals surface area contributed by atoms with Gasteiger partial charge in [-0.15, -0.1) is 0 Å². The Labute approximate surface area is 170 Å². The molecule has 1 aliphatic rings. The number of sulfonamides is 1. The van der Waals surface area contributed by atoms with Crippen LogP contribution in [0.5, 0.6) is 17.2 Å². The van der Waals surface area contributed by atoms with Gasteiger partial charge in [0.05, 0.1) is 33.3 Å². The third-order valence-electron chi connectivity index (χ3n) is 4.77. The molecular weight excluding hydrogens is 396 g/mol. The molecule has 3 rings (SSSR count). The summed E-state index contributed by atoms with van der Waals surface area (Å²) in [6.07, 6.45) is 1.73. The maximum Gasteiger partial charge on any atom is 0.255 e. The van der Waals surface area contributed by atoms with Crippen LogP contribution in [0.1, 0.15) is 22.8 Å². The first-order valence-electron chi connectivity index (χ1n) is 8.93. The molecule has 29 heavy (non-hydrogen) atoms. The lowest BCUT2D eigenvalue weighted by Gasteiger charge is -2.21. The molecule has 0 aliphatic carbocycles. The van der Waals surface area contributed by atoms with Gasteiger partial charge in [0.15, 0.2) is 11.5 Å². The van der Waals surface area contributed by atoms with Crippen molar-refractivity contribution < 1.29 is 27.4 Å². The van der Waals surface area contributed by atoms with Crippen LogP contribution in [0.3, 0.4) is 0 Å². The average Bonchev–Trinajstić information content (AvgIpc) is 3.02. The number of nitrogens with one attached hydrogen (secondary N) is 1. The second-order valence-corrected chi connectivity index (χ2v) is 8.68. The zero-order chi connectivity index (χ0) is 21.3. The Morgan fingerprint density at radius 2 is 1.69 bits per heavy atom. The van der Waals surface area contributed by atoms with Crippen LogP contribution in [0, 0.1) is 0 Å². The molecule has 156 valence electrons. The summed E-state index contributed by atoms with van der Waals surface area (Å²) < 4.78 is 41.4. The third-order valence-corrected chi connectivity index (χ3v) is 6.05. The molecule has 0 radical (unpaired) electrons. The maximum absolute atomic E-state index is 12.8. The van der Waals surface area contributed by atoms with Gasteiger partial charge >= 0.3 is 0 Å². The smallest absolute Gasteiger partial charge is 0.255 e. The van der Waals surface area contributed by atoms with Crippen molar-refractivity contribution in [1.82, 2.24) is 0 Å². The normalized spacial score (nSPS) is 15.6. The number of benzene rings is 2. The number of fused-ring (bicyclic) bond motifs is 1. The predicted octanol–water partition coefficient (Wildman–Crippen LogP) is 2.68. The monoisotopic (exact) mass is 420 g/mol. The van der Waals surface area contributed by atoms with Gasteiger partial charge in [-0.25, -0.2) is 8.42 Å². The summed E-state index contributed by atoms with van der Waals surface area (Å²) in [6.45, 7) is 1.84. The highest BCUT2D eigenvalue weighted by atomic mass is 32.2. The van der Waals surface area contributed by atoms with Gasteiger partial charge in [0.25, 0.3) is 5.91 Å². The summed E-state index contributed by atoms with van der Waals surface area (Å²) in [4.78, 5) is 12.8. The van der Waals surface area contributed by atoms with E-state index in [1.165, 1.54) is 31.9 Å². The van der Waals surface area contributed by atoms with Crippen LogP contribution < -0.4 is 23.8 Å². The first-order valence-corrected chi connectivity index (χ1v) is 10.8. The van der Waals surface area contributed by atoms with Gasteiger partial charge in [0, 0.05) is 29.4 Å². The summed E-state index contributed by atoms with van der Waals surface area (Å²) in [5.74, 6) is 0.954. The van der Waals surface area contributed by atoms with Gasteiger partial charge in [-0.05, 0) is 37.1 Å². The number of carbonyl (C=O) groups excluding carboxylic acids is 1. The Bertz CT molecular complexity index is 1030. The Kier molecular flexibility index (Phi) is 5.61. The molecule has 1 unspecified atom stereocenters. The molecule has 2 aromatic carbocycles. The number of anilines is 2. The molecule has 8 nitrogen and oxygen atoms in total. The number of ether oxygens (including phenoxy) is 3.